The zero-order valence-electron chi connectivity index (χ0n) is 15.2. The Bertz CT molecular complexity index is 895. The van der Waals surface area contributed by atoms with Crippen molar-refractivity contribution in [3.63, 3.8) is 0 Å². The van der Waals surface area contributed by atoms with Gasteiger partial charge in [-0.05, 0) is 54.4 Å². The smallest absolute Gasteiger partial charge is 0.240 e. The van der Waals surface area contributed by atoms with Crippen LogP contribution in [-0.4, -0.2) is 41.6 Å². The van der Waals surface area contributed by atoms with Gasteiger partial charge in [0.25, 0.3) is 0 Å². The maximum atomic E-state index is 12.4. The normalized spacial score (nSPS) is 17.2. The summed E-state index contributed by atoms with van der Waals surface area (Å²) < 4.78 is 37.6. The molecule has 2 aromatic carbocycles. The SMILES string of the molecule is COc1ccc(N2CC(CNS(=O)(=O)c3ccc(OC)cc3)CC2=O)cc1. The molecule has 1 aliphatic rings. The van der Waals surface area contributed by atoms with Crippen LogP contribution in [0.4, 0.5) is 5.69 Å². The van der Waals surface area contributed by atoms with Gasteiger partial charge in [0.2, 0.25) is 15.9 Å². The molecule has 0 aliphatic carbocycles. The van der Waals surface area contributed by atoms with Gasteiger partial charge in [-0.15, -0.1) is 0 Å². The van der Waals surface area contributed by atoms with E-state index in [9.17, 15) is 13.2 Å². The molecule has 3 rings (SSSR count). The topological polar surface area (TPSA) is 84.9 Å². The van der Waals surface area contributed by atoms with Crippen molar-refractivity contribution in [1.29, 1.82) is 0 Å². The Morgan fingerprint density at radius 2 is 1.56 bits per heavy atom. The number of benzene rings is 2. The third-order valence-corrected chi connectivity index (χ3v) is 5.96. The summed E-state index contributed by atoms with van der Waals surface area (Å²) in [6, 6.07) is 13.4. The summed E-state index contributed by atoms with van der Waals surface area (Å²) in [4.78, 5) is 14.1. The molecule has 1 N–H and O–H groups in total. The summed E-state index contributed by atoms with van der Waals surface area (Å²) in [7, 11) is -0.528. The molecule has 1 amide bonds. The van der Waals surface area contributed by atoms with Gasteiger partial charge in [0.05, 0.1) is 19.1 Å². The quantitative estimate of drug-likeness (QED) is 0.782. The predicted molar refractivity (Wildman–Crippen MR) is 102 cm³/mol. The van der Waals surface area contributed by atoms with E-state index in [1.807, 2.05) is 12.1 Å². The first-order chi connectivity index (χ1) is 12.9. The molecular formula is C19H22N2O5S. The number of nitrogens with one attached hydrogen (secondary N) is 1. The number of methoxy groups -OCH3 is 2. The van der Waals surface area contributed by atoms with Crippen molar-refractivity contribution in [1.82, 2.24) is 4.72 Å². The molecule has 1 unspecified atom stereocenters. The molecule has 1 atom stereocenters. The highest BCUT2D eigenvalue weighted by molar-refractivity contribution is 7.89. The van der Waals surface area contributed by atoms with Crippen molar-refractivity contribution in [3.05, 3.63) is 48.5 Å². The van der Waals surface area contributed by atoms with Gasteiger partial charge in [0, 0.05) is 25.2 Å². The van der Waals surface area contributed by atoms with Crippen molar-refractivity contribution in [3.8, 4) is 11.5 Å². The Hall–Kier alpha value is -2.58. The van der Waals surface area contributed by atoms with Gasteiger partial charge in [-0.1, -0.05) is 0 Å². The van der Waals surface area contributed by atoms with Crippen LogP contribution >= 0.6 is 0 Å². The van der Waals surface area contributed by atoms with Gasteiger partial charge in [-0.25, -0.2) is 13.1 Å². The lowest BCUT2D eigenvalue weighted by Crippen LogP contribution is -2.31. The van der Waals surface area contributed by atoms with Crippen molar-refractivity contribution < 1.29 is 22.7 Å². The van der Waals surface area contributed by atoms with E-state index >= 15 is 0 Å². The summed E-state index contributed by atoms with van der Waals surface area (Å²) in [5.74, 6) is 1.20. The molecule has 0 spiro atoms. The third kappa shape index (κ3) is 4.40. The molecule has 1 aliphatic heterocycles. The summed E-state index contributed by atoms with van der Waals surface area (Å²) in [6.45, 7) is 0.670. The van der Waals surface area contributed by atoms with Crippen LogP contribution in [0.3, 0.4) is 0 Å². The van der Waals surface area contributed by atoms with Gasteiger partial charge < -0.3 is 14.4 Å². The average molecular weight is 390 g/mol. The van der Waals surface area contributed by atoms with Gasteiger partial charge in [0.15, 0.2) is 0 Å². The van der Waals surface area contributed by atoms with Crippen LogP contribution in [0.25, 0.3) is 0 Å². The largest absolute Gasteiger partial charge is 0.497 e. The lowest BCUT2D eigenvalue weighted by atomic mass is 10.1. The molecule has 0 bridgehead atoms. The van der Waals surface area contributed by atoms with Gasteiger partial charge in [0.1, 0.15) is 11.5 Å². The van der Waals surface area contributed by atoms with E-state index < -0.39 is 10.0 Å². The zero-order chi connectivity index (χ0) is 19.4. The fourth-order valence-corrected chi connectivity index (χ4v) is 4.11. The molecule has 1 fully saturated rings. The monoisotopic (exact) mass is 390 g/mol. The summed E-state index contributed by atoms with van der Waals surface area (Å²) in [5.41, 5.74) is 0.779. The molecule has 0 radical (unpaired) electrons. The maximum Gasteiger partial charge on any atom is 0.240 e. The summed E-state index contributed by atoms with van der Waals surface area (Å²) in [6.07, 6.45) is 0.303. The lowest BCUT2D eigenvalue weighted by molar-refractivity contribution is -0.117. The van der Waals surface area contributed by atoms with Crippen molar-refractivity contribution in [2.24, 2.45) is 5.92 Å². The van der Waals surface area contributed by atoms with Gasteiger partial charge in [-0.2, -0.15) is 0 Å². The number of amides is 1. The molecule has 27 heavy (non-hydrogen) atoms. The van der Waals surface area contributed by atoms with Crippen LogP contribution in [-0.2, 0) is 14.8 Å². The van der Waals surface area contributed by atoms with Crippen molar-refractivity contribution in [2.45, 2.75) is 11.3 Å². The van der Waals surface area contributed by atoms with E-state index in [1.165, 1.54) is 19.2 Å². The van der Waals surface area contributed by atoms with Crippen LogP contribution in [0.15, 0.2) is 53.4 Å². The molecular weight excluding hydrogens is 368 g/mol. The number of sulfonamides is 1. The molecule has 2 aromatic rings. The predicted octanol–water partition coefficient (Wildman–Crippen LogP) is 2.04. The fraction of sp³-hybridized carbons (Fsp3) is 0.316. The molecule has 144 valence electrons. The van der Waals surface area contributed by atoms with Crippen LogP contribution in [0.1, 0.15) is 6.42 Å². The number of carbonyl (C=O) groups is 1. The second-order valence-electron chi connectivity index (χ2n) is 6.30. The Labute approximate surface area is 158 Å². The second-order valence-corrected chi connectivity index (χ2v) is 8.07. The Morgan fingerprint density at radius 3 is 2.11 bits per heavy atom. The first-order valence-corrected chi connectivity index (χ1v) is 9.99. The standard InChI is InChI=1S/C19H22N2O5S/c1-25-16-5-3-15(4-6-16)21-13-14(11-19(21)22)12-20-27(23,24)18-9-7-17(26-2)8-10-18/h3-10,14,20H,11-13H2,1-2H3. The maximum absolute atomic E-state index is 12.4. The summed E-state index contributed by atoms with van der Waals surface area (Å²) in [5, 5.41) is 0. The van der Waals surface area contributed by atoms with E-state index in [4.69, 9.17) is 9.47 Å². The number of hydrogen-bond donors (Lipinski definition) is 1. The molecule has 0 aromatic heterocycles. The number of nitrogens with zero attached hydrogens (tertiary/aromatic N) is 1. The van der Waals surface area contributed by atoms with Crippen LogP contribution in [0.5, 0.6) is 11.5 Å². The molecule has 7 nitrogen and oxygen atoms in total. The highest BCUT2D eigenvalue weighted by atomic mass is 32.2. The lowest BCUT2D eigenvalue weighted by Gasteiger charge is -2.17. The fourth-order valence-electron chi connectivity index (χ4n) is 3.00. The first-order valence-electron chi connectivity index (χ1n) is 8.51. The number of ether oxygens (including phenoxy) is 2. The highest BCUT2D eigenvalue weighted by Crippen LogP contribution is 2.27. The molecule has 1 heterocycles. The molecule has 8 heteroatoms. The minimum Gasteiger partial charge on any atom is -0.497 e. The van der Waals surface area contributed by atoms with Crippen molar-refractivity contribution in [2.75, 3.05) is 32.2 Å². The highest BCUT2D eigenvalue weighted by Gasteiger charge is 2.31. The van der Waals surface area contributed by atoms with E-state index in [-0.39, 0.29) is 23.3 Å². The van der Waals surface area contributed by atoms with E-state index in [0.717, 1.165) is 5.69 Å². The number of anilines is 1. The third-order valence-electron chi connectivity index (χ3n) is 4.52. The van der Waals surface area contributed by atoms with Crippen LogP contribution in [0.2, 0.25) is 0 Å². The Morgan fingerprint density at radius 1 is 1.00 bits per heavy atom. The van der Waals surface area contributed by atoms with Gasteiger partial charge in [-0.3, -0.25) is 4.79 Å². The Balaban J connectivity index is 1.62. The number of rotatable bonds is 7. The molecule has 0 saturated carbocycles. The first kappa shape index (κ1) is 19.2. The van der Waals surface area contributed by atoms with E-state index in [1.54, 1.807) is 36.3 Å². The number of carbonyl (C=O) groups excluding carboxylic acids is 1. The second kappa shape index (κ2) is 7.98. The average Bonchev–Trinajstić information content (AvgIpc) is 3.07. The van der Waals surface area contributed by atoms with E-state index in [2.05, 4.69) is 4.72 Å². The number of hydrogen-bond acceptors (Lipinski definition) is 5. The van der Waals surface area contributed by atoms with Crippen LogP contribution in [0, 0.1) is 5.92 Å². The van der Waals surface area contributed by atoms with Crippen molar-refractivity contribution >= 4 is 21.6 Å². The minimum absolute atomic E-state index is 0.0196. The zero-order valence-corrected chi connectivity index (χ0v) is 16.0. The van der Waals surface area contributed by atoms with Crippen LogP contribution < -0.4 is 19.1 Å². The summed E-state index contributed by atoms with van der Waals surface area (Å²) >= 11 is 0. The van der Waals surface area contributed by atoms with E-state index in [0.29, 0.717) is 24.5 Å². The molecule has 1 saturated heterocycles. The minimum atomic E-state index is -3.63. The Kier molecular flexibility index (Phi) is 5.67. The van der Waals surface area contributed by atoms with Gasteiger partial charge >= 0.3 is 0 Å².